The van der Waals surface area contributed by atoms with Crippen molar-refractivity contribution in [3.8, 4) is 11.5 Å². The van der Waals surface area contributed by atoms with Gasteiger partial charge in [-0.3, -0.25) is 4.79 Å². The Balaban J connectivity index is 0.00000225. The van der Waals surface area contributed by atoms with Crippen molar-refractivity contribution in [3.05, 3.63) is 54.6 Å². The van der Waals surface area contributed by atoms with Crippen LogP contribution in [-0.2, 0) is 4.79 Å². The molecule has 0 aliphatic carbocycles. The molecule has 5 heteroatoms. The predicted octanol–water partition coefficient (Wildman–Crippen LogP) is 4.62. The van der Waals surface area contributed by atoms with Crippen LogP contribution in [0.15, 0.2) is 54.6 Å². The van der Waals surface area contributed by atoms with Gasteiger partial charge in [0.1, 0.15) is 5.75 Å². The van der Waals surface area contributed by atoms with Gasteiger partial charge in [0.2, 0.25) is 5.91 Å². The highest BCUT2D eigenvalue weighted by molar-refractivity contribution is 5.92. The molecular formula is C20H25ClN2O2. The molecule has 2 aromatic rings. The number of anilines is 1. The molecule has 0 spiro atoms. The summed E-state index contributed by atoms with van der Waals surface area (Å²) in [5.74, 6) is 2.14. The lowest BCUT2D eigenvalue weighted by Crippen LogP contribution is -2.28. The van der Waals surface area contributed by atoms with Gasteiger partial charge in [-0.15, -0.1) is 12.4 Å². The third-order valence-electron chi connectivity index (χ3n) is 4.37. The first-order valence-corrected chi connectivity index (χ1v) is 8.64. The maximum atomic E-state index is 12.3. The molecule has 0 aromatic heterocycles. The monoisotopic (exact) mass is 360 g/mol. The summed E-state index contributed by atoms with van der Waals surface area (Å²) in [7, 11) is 0. The minimum atomic E-state index is 0. The van der Waals surface area contributed by atoms with E-state index in [2.05, 4.69) is 10.6 Å². The van der Waals surface area contributed by atoms with Gasteiger partial charge in [-0.1, -0.05) is 30.3 Å². The van der Waals surface area contributed by atoms with Gasteiger partial charge in [-0.05, 0) is 62.5 Å². The number of hydrogen-bond acceptors (Lipinski definition) is 3. The summed E-state index contributed by atoms with van der Waals surface area (Å²) in [6.45, 7) is 2.14. The Bertz CT molecular complexity index is 658. The Labute approximate surface area is 155 Å². The first-order chi connectivity index (χ1) is 11.8. The zero-order valence-electron chi connectivity index (χ0n) is 14.2. The molecule has 1 heterocycles. The molecule has 3 rings (SSSR count). The van der Waals surface area contributed by atoms with E-state index in [0.717, 1.165) is 30.9 Å². The summed E-state index contributed by atoms with van der Waals surface area (Å²) in [5.41, 5.74) is 0.719. The quantitative estimate of drug-likeness (QED) is 0.790. The van der Waals surface area contributed by atoms with Gasteiger partial charge >= 0.3 is 0 Å². The topological polar surface area (TPSA) is 50.4 Å². The van der Waals surface area contributed by atoms with Crippen molar-refractivity contribution >= 4 is 24.0 Å². The normalized spacial score (nSPS) is 14.4. The van der Waals surface area contributed by atoms with Crippen LogP contribution < -0.4 is 15.4 Å². The highest BCUT2D eigenvalue weighted by Crippen LogP contribution is 2.29. The minimum absolute atomic E-state index is 0. The fraction of sp³-hybridized carbons (Fsp3) is 0.350. The van der Waals surface area contributed by atoms with Crippen molar-refractivity contribution in [2.24, 2.45) is 5.92 Å². The van der Waals surface area contributed by atoms with E-state index < -0.39 is 0 Å². The van der Waals surface area contributed by atoms with Gasteiger partial charge < -0.3 is 15.4 Å². The largest absolute Gasteiger partial charge is 0.455 e. The lowest BCUT2D eigenvalue weighted by Gasteiger charge is -2.22. The van der Waals surface area contributed by atoms with Crippen LogP contribution in [0.2, 0.25) is 0 Å². The molecule has 0 radical (unpaired) electrons. The van der Waals surface area contributed by atoms with Crippen LogP contribution in [0.25, 0.3) is 0 Å². The summed E-state index contributed by atoms with van der Waals surface area (Å²) in [5, 5.41) is 6.35. The Morgan fingerprint density at radius 2 is 1.72 bits per heavy atom. The van der Waals surface area contributed by atoms with Gasteiger partial charge in [0.25, 0.3) is 0 Å². The van der Waals surface area contributed by atoms with E-state index in [4.69, 9.17) is 4.74 Å². The van der Waals surface area contributed by atoms with Crippen LogP contribution in [0.1, 0.15) is 25.7 Å². The second-order valence-corrected chi connectivity index (χ2v) is 6.19. The second-order valence-electron chi connectivity index (χ2n) is 6.19. The summed E-state index contributed by atoms with van der Waals surface area (Å²) < 4.78 is 5.88. The van der Waals surface area contributed by atoms with E-state index in [1.54, 1.807) is 0 Å². The van der Waals surface area contributed by atoms with Gasteiger partial charge in [0.15, 0.2) is 5.75 Å². The third kappa shape index (κ3) is 6.07. The number of nitrogens with one attached hydrogen (secondary N) is 2. The molecule has 0 bridgehead atoms. The maximum absolute atomic E-state index is 12.3. The zero-order chi connectivity index (χ0) is 16.6. The predicted molar refractivity (Wildman–Crippen MR) is 104 cm³/mol. The van der Waals surface area contributed by atoms with Crippen molar-refractivity contribution in [1.82, 2.24) is 5.32 Å². The van der Waals surface area contributed by atoms with Gasteiger partial charge in [-0.2, -0.15) is 0 Å². The number of carbonyl (C=O) groups is 1. The van der Waals surface area contributed by atoms with Crippen molar-refractivity contribution in [2.75, 3.05) is 18.4 Å². The number of amides is 1. The number of piperidine rings is 1. The first-order valence-electron chi connectivity index (χ1n) is 8.64. The standard InChI is InChI=1S/C20H24N2O2.ClH/c23-20(11-10-16-12-14-21-15-13-16)22-18-8-4-5-9-19(18)24-17-6-2-1-3-7-17;/h1-9,16,21H,10-15H2,(H,22,23);1H. The Morgan fingerprint density at radius 1 is 1.04 bits per heavy atom. The van der Waals surface area contributed by atoms with Crippen molar-refractivity contribution in [1.29, 1.82) is 0 Å². The molecule has 2 N–H and O–H groups in total. The first kappa shape index (κ1) is 19.3. The SMILES string of the molecule is Cl.O=C(CCC1CCNCC1)Nc1ccccc1Oc1ccccc1. The van der Waals surface area contributed by atoms with Crippen molar-refractivity contribution < 1.29 is 9.53 Å². The molecule has 1 saturated heterocycles. The van der Waals surface area contributed by atoms with Crippen LogP contribution in [-0.4, -0.2) is 19.0 Å². The minimum Gasteiger partial charge on any atom is -0.455 e. The molecule has 134 valence electrons. The molecule has 1 amide bonds. The second kappa shape index (κ2) is 10.1. The van der Waals surface area contributed by atoms with Crippen LogP contribution >= 0.6 is 12.4 Å². The molecule has 25 heavy (non-hydrogen) atoms. The number of halogens is 1. The Kier molecular flexibility index (Phi) is 7.76. The van der Waals surface area contributed by atoms with Crippen LogP contribution in [0.5, 0.6) is 11.5 Å². The molecular weight excluding hydrogens is 336 g/mol. The van der Waals surface area contributed by atoms with E-state index in [1.165, 1.54) is 12.8 Å². The van der Waals surface area contributed by atoms with Gasteiger partial charge in [0, 0.05) is 6.42 Å². The number of rotatable bonds is 6. The van der Waals surface area contributed by atoms with E-state index >= 15 is 0 Å². The fourth-order valence-electron chi connectivity index (χ4n) is 2.99. The van der Waals surface area contributed by atoms with E-state index in [9.17, 15) is 4.79 Å². The summed E-state index contributed by atoms with van der Waals surface area (Å²) >= 11 is 0. The van der Waals surface area contributed by atoms with E-state index in [1.807, 2.05) is 54.6 Å². The van der Waals surface area contributed by atoms with Crippen LogP contribution in [0.4, 0.5) is 5.69 Å². The average molecular weight is 361 g/mol. The van der Waals surface area contributed by atoms with Crippen molar-refractivity contribution in [2.45, 2.75) is 25.7 Å². The molecule has 0 saturated carbocycles. The zero-order valence-corrected chi connectivity index (χ0v) is 15.1. The van der Waals surface area contributed by atoms with Gasteiger partial charge in [0.05, 0.1) is 5.69 Å². The summed E-state index contributed by atoms with van der Waals surface area (Å²) in [6.07, 6.45) is 3.85. The third-order valence-corrected chi connectivity index (χ3v) is 4.37. The Morgan fingerprint density at radius 3 is 2.48 bits per heavy atom. The highest BCUT2D eigenvalue weighted by atomic mass is 35.5. The Hall–Kier alpha value is -2.04. The number of ether oxygens (including phenoxy) is 1. The van der Waals surface area contributed by atoms with Gasteiger partial charge in [-0.25, -0.2) is 0 Å². The molecule has 1 fully saturated rings. The smallest absolute Gasteiger partial charge is 0.224 e. The number of benzene rings is 2. The average Bonchev–Trinajstić information content (AvgIpc) is 2.63. The van der Waals surface area contributed by atoms with Crippen LogP contribution in [0.3, 0.4) is 0 Å². The summed E-state index contributed by atoms with van der Waals surface area (Å²) in [4.78, 5) is 12.3. The number of hydrogen-bond donors (Lipinski definition) is 2. The molecule has 0 atom stereocenters. The molecule has 1 aliphatic heterocycles. The van der Waals surface area contributed by atoms with Crippen LogP contribution in [0, 0.1) is 5.92 Å². The maximum Gasteiger partial charge on any atom is 0.224 e. The van der Waals surface area contributed by atoms with E-state index in [-0.39, 0.29) is 18.3 Å². The fourth-order valence-corrected chi connectivity index (χ4v) is 2.99. The highest BCUT2D eigenvalue weighted by Gasteiger charge is 2.15. The lowest BCUT2D eigenvalue weighted by molar-refractivity contribution is -0.116. The molecule has 0 unspecified atom stereocenters. The number of carbonyl (C=O) groups excluding carboxylic acids is 1. The number of para-hydroxylation sites is 3. The van der Waals surface area contributed by atoms with E-state index in [0.29, 0.717) is 18.1 Å². The van der Waals surface area contributed by atoms with Crippen molar-refractivity contribution in [3.63, 3.8) is 0 Å². The lowest BCUT2D eigenvalue weighted by atomic mass is 9.93. The summed E-state index contributed by atoms with van der Waals surface area (Å²) in [6, 6.07) is 17.2. The molecule has 1 aliphatic rings. The molecule has 2 aromatic carbocycles. The molecule has 4 nitrogen and oxygen atoms in total.